The minimum atomic E-state index is 0.583. The van der Waals surface area contributed by atoms with Crippen LogP contribution in [0.1, 0.15) is 19.4 Å². The number of hydrogen-bond donors (Lipinski definition) is 0. The fourth-order valence-corrected chi connectivity index (χ4v) is 1.78. The smallest absolute Gasteiger partial charge is 0.0210 e. The minimum absolute atomic E-state index is 0.583. The number of allylic oxidation sites excluding steroid dienone is 1. The van der Waals surface area contributed by atoms with E-state index in [1.165, 1.54) is 10.0 Å². The molecule has 0 N–H and O–H groups in total. The molecule has 0 aliphatic carbocycles. The van der Waals surface area contributed by atoms with Gasteiger partial charge < -0.3 is 0 Å². The summed E-state index contributed by atoms with van der Waals surface area (Å²) in [6.07, 6.45) is 2.20. The molecule has 0 saturated carbocycles. The Morgan fingerprint density at radius 3 is 2.33 bits per heavy atom. The van der Waals surface area contributed by atoms with Gasteiger partial charge in [-0.2, -0.15) is 0 Å². The third-order valence-electron chi connectivity index (χ3n) is 1.53. The van der Waals surface area contributed by atoms with Gasteiger partial charge in [-0.25, -0.2) is 0 Å². The van der Waals surface area contributed by atoms with E-state index in [1.54, 1.807) is 0 Å². The van der Waals surface area contributed by atoms with Gasteiger partial charge in [0.05, 0.1) is 0 Å². The van der Waals surface area contributed by atoms with Gasteiger partial charge in [0.25, 0.3) is 0 Å². The van der Waals surface area contributed by atoms with Gasteiger partial charge in [0.15, 0.2) is 0 Å². The Morgan fingerprint density at radius 1 is 1.25 bits per heavy atom. The van der Waals surface area contributed by atoms with Gasteiger partial charge in [0, 0.05) is 4.48 Å². The van der Waals surface area contributed by atoms with Crippen molar-refractivity contribution < 1.29 is 0 Å². The molecule has 0 aliphatic rings. The summed E-state index contributed by atoms with van der Waals surface area (Å²) < 4.78 is 1.18. The quantitative estimate of drug-likeness (QED) is 0.711. The number of hydrogen-bond acceptors (Lipinski definition) is 0. The van der Waals surface area contributed by atoms with Gasteiger partial charge in [0.2, 0.25) is 0 Å². The lowest BCUT2D eigenvalue weighted by Crippen LogP contribution is -1.81. The van der Waals surface area contributed by atoms with E-state index in [9.17, 15) is 0 Å². The molecule has 1 aromatic carbocycles. The lowest BCUT2D eigenvalue weighted by atomic mass is 10.1. The maximum absolute atomic E-state index is 3.55. The zero-order chi connectivity index (χ0) is 8.97. The molecular weight excluding hydrogens is 212 g/mol. The monoisotopic (exact) mass is 224 g/mol. The maximum Gasteiger partial charge on any atom is 0.0210 e. The highest BCUT2D eigenvalue weighted by molar-refractivity contribution is 9.15. The molecule has 0 nitrogen and oxygen atoms in total. The van der Waals surface area contributed by atoms with E-state index >= 15 is 0 Å². The lowest BCUT2D eigenvalue weighted by Gasteiger charge is -2.00. The van der Waals surface area contributed by atoms with Crippen LogP contribution in [0.5, 0.6) is 0 Å². The standard InChI is InChI=1S/C11H13Br/c1-9(2)8-11(12)10-6-4-3-5-7-10/h3-9H,1-2H3. The largest absolute Gasteiger partial charge is 0.0671 e. The molecule has 0 radical (unpaired) electrons. The zero-order valence-electron chi connectivity index (χ0n) is 7.42. The third kappa shape index (κ3) is 2.82. The molecule has 1 heteroatoms. The number of halogens is 1. The Labute approximate surface area is 82.4 Å². The van der Waals surface area contributed by atoms with E-state index < -0.39 is 0 Å². The molecule has 0 unspecified atom stereocenters. The van der Waals surface area contributed by atoms with Gasteiger partial charge in [0.1, 0.15) is 0 Å². The fraction of sp³-hybridized carbons (Fsp3) is 0.273. The lowest BCUT2D eigenvalue weighted by molar-refractivity contribution is 0.836. The summed E-state index contributed by atoms with van der Waals surface area (Å²) >= 11 is 3.55. The van der Waals surface area contributed by atoms with Gasteiger partial charge in [-0.3, -0.25) is 0 Å². The van der Waals surface area contributed by atoms with E-state index in [0.717, 1.165) is 0 Å². The predicted molar refractivity (Wildman–Crippen MR) is 58.2 cm³/mol. The van der Waals surface area contributed by atoms with Crippen LogP contribution in [-0.2, 0) is 0 Å². The summed E-state index contributed by atoms with van der Waals surface area (Å²) in [4.78, 5) is 0. The van der Waals surface area contributed by atoms with E-state index in [0.29, 0.717) is 5.92 Å². The third-order valence-corrected chi connectivity index (χ3v) is 2.25. The average molecular weight is 225 g/mol. The molecule has 12 heavy (non-hydrogen) atoms. The van der Waals surface area contributed by atoms with Crippen molar-refractivity contribution >= 4 is 20.4 Å². The summed E-state index contributed by atoms with van der Waals surface area (Å²) in [6, 6.07) is 10.3. The normalized spacial score (nSPS) is 12.2. The molecule has 1 aromatic rings. The number of benzene rings is 1. The highest BCUT2D eigenvalue weighted by atomic mass is 79.9. The Morgan fingerprint density at radius 2 is 1.83 bits per heavy atom. The second-order valence-electron chi connectivity index (χ2n) is 3.12. The first-order chi connectivity index (χ1) is 5.70. The summed E-state index contributed by atoms with van der Waals surface area (Å²) in [7, 11) is 0. The molecule has 0 saturated heterocycles. The summed E-state index contributed by atoms with van der Waals surface area (Å²) in [5.74, 6) is 0.583. The second kappa shape index (κ2) is 4.46. The van der Waals surface area contributed by atoms with Crippen LogP contribution in [0.3, 0.4) is 0 Å². The van der Waals surface area contributed by atoms with Gasteiger partial charge in [-0.15, -0.1) is 0 Å². The van der Waals surface area contributed by atoms with Crippen molar-refractivity contribution in [3.05, 3.63) is 42.0 Å². The van der Waals surface area contributed by atoms with Crippen LogP contribution in [-0.4, -0.2) is 0 Å². The minimum Gasteiger partial charge on any atom is -0.0671 e. The van der Waals surface area contributed by atoms with Crippen LogP contribution in [0.2, 0.25) is 0 Å². The van der Waals surface area contributed by atoms with E-state index in [2.05, 4.69) is 48.0 Å². The van der Waals surface area contributed by atoms with E-state index in [-0.39, 0.29) is 0 Å². The van der Waals surface area contributed by atoms with E-state index in [1.807, 2.05) is 18.2 Å². The topological polar surface area (TPSA) is 0 Å². The highest BCUT2D eigenvalue weighted by Crippen LogP contribution is 2.22. The Balaban J connectivity index is 2.85. The molecular formula is C11H13Br. The molecule has 0 bridgehead atoms. The van der Waals surface area contributed by atoms with Crippen molar-refractivity contribution in [3.63, 3.8) is 0 Å². The Hall–Kier alpha value is -0.560. The second-order valence-corrected chi connectivity index (χ2v) is 3.98. The van der Waals surface area contributed by atoms with Crippen LogP contribution in [0.4, 0.5) is 0 Å². The zero-order valence-corrected chi connectivity index (χ0v) is 9.01. The van der Waals surface area contributed by atoms with Gasteiger partial charge in [-0.05, 0) is 11.5 Å². The van der Waals surface area contributed by atoms with Crippen molar-refractivity contribution in [3.8, 4) is 0 Å². The van der Waals surface area contributed by atoms with Crippen molar-refractivity contribution in [2.75, 3.05) is 0 Å². The van der Waals surface area contributed by atoms with Crippen LogP contribution in [0.15, 0.2) is 36.4 Å². The molecule has 0 aromatic heterocycles. The molecule has 0 spiro atoms. The summed E-state index contributed by atoms with van der Waals surface area (Å²) in [5, 5.41) is 0. The Bertz CT molecular complexity index is 260. The highest BCUT2D eigenvalue weighted by Gasteiger charge is 1.96. The summed E-state index contributed by atoms with van der Waals surface area (Å²) in [5.41, 5.74) is 1.24. The van der Waals surface area contributed by atoms with Crippen LogP contribution in [0, 0.1) is 5.92 Å². The van der Waals surface area contributed by atoms with Gasteiger partial charge in [-0.1, -0.05) is 66.2 Å². The molecule has 1 rings (SSSR count). The molecule has 0 aliphatic heterocycles. The first-order valence-corrected chi connectivity index (χ1v) is 4.92. The molecule has 64 valence electrons. The first-order valence-electron chi connectivity index (χ1n) is 4.13. The number of rotatable bonds is 2. The summed E-state index contributed by atoms with van der Waals surface area (Å²) in [6.45, 7) is 4.34. The fourth-order valence-electron chi connectivity index (χ4n) is 0.986. The average Bonchev–Trinajstić information content (AvgIpc) is 2.05. The van der Waals surface area contributed by atoms with Crippen molar-refractivity contribution in [1.29, 1.82) is 0 Å². The van der Waals surface area contributed by atoms with Crippen LogP contribution in [0.25, 0.3) is 4.48 Å². The first kappa shape index (κ1) is 9.53. The Kier molecular flexibility index (Phi) is 3.54. The van der Waals surface area contributed by atoms with Crippen molar-refractivity contribution in [1.82, 2.24) is 0 Å². The van der Waals surface area contributed by atoms with Gasteiger partial charge >= 0.3 is 0 Å². The van der Waals surface area contributed by atoms with E-state index in [4.69, 9.17) is 0 Å². The van der Waals surface area contributed by atoms with Crippen molar-refractivity contribution in [2.24, 2.45) is 5.92 Å². The molecule has 0 amide bonds. The van der Waals surface area contributed by atoms with Crippen molar-refractivity contribution in [2.45, 2.75) is 13.8 Å². The van der Waals surface area contributed by atoms with Crippen LogP contribution < -0.4 is 0 Å². The molecule has 0 fully saturated rings. The molecule has 0 heterocycles. The maximum atomic E-state index is 3.55. The predicted octanol–water partition coefficient (Wildman–Crippen LogP) is 4.08. The van der Waals surface area contributed by atoms with Crippen LogP contribution >= 0.6 is 15.9 Å². The molecule has 0 atom stereocenters. The SMILES string of the molecule is CC(C)C=C(Br)c1ccccc1.